The fourth-order valence-electron chi connectivity index (χ4n) is 2.02. The van der Waals surface area contributed by atoms with Crippen LogP contribution in [0.4, 0.5) is 0 Å². The van der Waals surface area contributed by atoms with Gasteiger partial charge >= 0.3 is 0 Å². The minimum absolute atomic E-state index is 0.229. The highest BCUT2D eigenvalue weighted by molar-refractivity contribution is 8.01. The predicted octanol–water partition coefficient (Wildman–Crippen LogP) is 5.57. The van der Waals surface area contributed by atoms with Crippen LogP contribution < -0.4 is 0 Å². The Hall–Kier alpha value is -0.330. The molecule has 0 N–H and O–H groups in total. The third kappa shape index (κ3) is 8.74. The number of hydrogen-bond donors (Lipinski definition) is 0. The Morgan fingerprint density at radius 3 is 1.40 bits per heavy atom. The van der Waals surface area contributed by atoms with Gasteiger partial charge in [-0.25, -0.2) is 8.42 Å². The quantitative estimate of drug-likeness (QED) is 0.457. The van der Waals surface area contributed by atoms with Crippen molar-refractivity contribution in [2.75, 3.05) is 23.0 Å². The van der Waals surface area contributed by atoms with E-state index in [9.17, 15) is 8.42 Å². The second-order valence-electron chi connectivity index (χ2n) is 5.51. The van der Waals surface area contributed by atoms with E-state index in [1.165, 1.54) is 0 Å². The fourth-order valence-corrected chi connectivity index (χ4v) is 6.59. The van der Waals surface area contributed by atoms with Crippen molar-refractivity contribution in [1.82, 2.24) is 0 Å². The van der Waals surface area contributed by atoms with E-state index in [4.69, 9.17) is 23.2 Å². The lowest BCUT2D eigenvalue weighted by Gasteiger charge is -2.06. The molecule has 0 heterocycles. The molecule has 2 rings (SSSR count). The lowest BCUT2D eigenvalue weighted by atomic mass is 10.2. The Bertz CT molecular complexity index is 685. The van der Waals surface area contributed by atoms with Crippen molar-refractivity contribution in [2.24, 2.45) is 0 Å². The Morgan fingerprint density at radius 1 is 0.680 bits per heavy atom. The van der Waals surface area contributed by atoms with Crippen LogP contribution in [-0.4, -0.2) is 31.4 Å². The van der Waals surface area contributed by atoms with Gasteiger partial charge in [0.2, 0.25) is 0 Å². The molecule has 136 valence electrons. The van der Waals surface area contributed by atoms with Gasteiger partial charge in [0.1, 0.15) is 0 Å². The number of hydrogen-bond acceptors (Lipinski definition) is 4. The highest BCUT2D eigenvalue weighted by Gasteiger charge is 2.10. The molecule has 0 aromatic heterocycles. The molecule has 0 aliphatic rings. The molecule has 0 bridgehead atoms. The van der Waals surface area contributed by atoms with Crippen molar-refractivity contribution in [3.63, 3.8) is 0 Å². The van der Waals surface area contributed by atoms with Gasteiger partial charge in [0.25, 0.3) is 0 Å². The standard InChI is InChI=1S/C18H20Cl2O2S3/c19-17-5-1-15(2-6-17)13-23-9-11-25(21,22)12-10-24-14-16-3-7-18(20)8-4-16/h1-8H,9-14H2. The number of rotatable bonds is 10. The van der Waals surface area contributed by atoms with Crippen molar-refractivity contribution in [1.29, 1.82) is 0 Å². The number of halogens is 2. The molecule has 0 fully saturated rings. The van der Waals surface area contributed by atoms with Crippen LogP contribution in [0.3, 0.4) is 0 Å². The summed E-state index contributed by atoms with van der Waals surface area (Å²) in [5, 5.41) is 1.43. The fraction of sp³-hybridized carbons (Fsp3) is 0.333. The van der Waals surface area contributed by atoms with Gasteiger partial charge in [-0.3, -0.25) is 0 Å². The van der Waals surface area contributed by atoms with E-state index in [0.29, 0.717) is 21.6 Å². The zero-order chi connectivity index (χ0) is 18.1. The highest BCUT2D eigenvalue weighted by Crippen LogP contribution is 2.17. The Morgan fingerprint density at radius 2 is 1.04 bits per heavy atom. The molecule has 2 aromatic rings. The number of sulfone groups is 1. The van der Waals surface area contributed by atoms with Crippen LogP contribution in [0.15, 0.2) is 48.5 Å². The van der Waals surface area contributed by atoms with E-state index >= 15 is 0 Å². The lowest BCUT2D eigenvalue weighted by Crippen LogP contribution is -2.14. The second kappa shape index (κ2) is 10.7. The van der Waals surface area contributed by atoms with E-state index in [0.717, 1.165) is 22.6 Å². The molecule has 25 heavy (non-hydrogen) atoms. The molecular weight excluding hydrogens is 415 g/mol. The molecule has 0 unspecified atom stereocenters. The molecule has 2 aromatic carbocycles. The van der Waals surface area contributed by atoms with Gasteiger partial charge in [0.05, 0.1) is 11.5 Å². The average Bonchev–Trinajstić information content (AvgIpc) is 2.59. The molecule has 0 aliphatic heterocycles. The first-order valence-corrected chi connectivity index (χ1v) is 12.7. The molecule has 0 saturated heterocycles. The predicted molar refractivity (Wildman–Crippen MR) is 114 cm³/mol. The largest absolute Gasteiger partial charge is 0.229 e. The summed E-state index contributed by atoms with van der Waals surface area (Å²) in [5.41, 5.74) is 2.32. The van der Waals surface area contributed by atoms with E-state index in [1.54, 1.807) is 23.5 Å². The third-order valence-corrected chi connectivity index (χ3v) is 8.17. The first-order valence-electron chi connectivity index (χ1n) is 7.79. The summed E-state index contributed by atoms with van der Waals surface area (Å²) in [5.74, 6) is 3.30. The molecule has 0 amide bonds. The van der Waals surface area contributed by atoms with Crippen LogP contribution in [-0.2, 0) is 21.3 Å². The van der Waals surface area contributed by atoms with E-state index < -0.39 is 9.84 Å². The molecule has 0 saturated carbocycles. The van der Waals surface area contributed by atoms with Gasteiger partial charge in [-0.15, -0.1) is 0 Å². The zero-order valence-electron chi connectivity index (χ0n) is 13.7. The molecule has 0 aliphatic carbocycles. The van der Waals surface area contributed by atoms with Crippen LogP contribution >= 0.6 is 46.7 Å². The molecule has 7 heteroatoms. The van der Waals surface area contributed by atoms with Crippen molar-refractivity contribution >= 4 is 56.6 Å². The summed E-state index contributed by atoms with van der Waals surface area (Å²) in [4.78, 5) is 0. The van der Waals surface area contributed by atoms with Gasteiger partial charge in [0, 0.05) is 33.1 Å². The first-order chi connectivity index (χ1) is 11.9. The van der Waals surface area contributed by atoms with Crippen molar-refractivity contribution in [2.45, 2.75) is 11.5 Å². The third-order valence-electron chi connectivity index (χ3n) is 3.44. The van der Waals surface area contributed by atoms with Crippen molar-refractivity contribution in [3.05, 3.63) is 69.7 Å². The lowest BCUT2D eigenvalue weighted by molar-refractivity contribution is 0.599. The SMILES string of the molecule is O=S(=O)(CCSCc1ccc(Cl)cc1)CCSCc1ccc(Cl)cc1. The van der Waals surface area contributed by atoms with Crippen LogP contribution in [0.1, 0.15) is 11.1 Å². The Labute approximate surface area is 168 Å². The number of thioether (sulfide) groups is 2. The van der Waals surface area contributed by atoms with E-state index in [-0.39, 0.29) is 11.5 Å². The Kier molecular flexibility index (Phi) is 9.00. The maximum atomic E-state index is 12.1. The van der Waals surface area contributed by atoms with Crippen LogP contribution in [0.25, 0.3) is 0 Å². The molecular formula is C18H20Cl2O2S3. The van der Waals surface area contributed by atoms with E-state index in [1.807, 2.05) is 48.5 Å². The van der Waals surface area contributed by atoms with Crippen LogP contribution in [0.5, 0.6) is 0 Å². The highest BCUT2D eigenvalue weighted by atomic mass is 35.5. The minimum atomic E-state index is -2.99. The maximum Gasteiger partial charge on any atom is 0.151 e. The van der Waals surface area contributed by atoms with Gasteiger partial charge < -0.3 is 0 Å². The second-order valence-corrected chi connectivity index (χ2v) is 10.9. The topological polar surface area (TPSA) is 34.1 Å². The van der Waals surface area contributed by atoms with Crippen molar-refractivity contribution < 1.29 is 8.42 Å². The van der Waals surface area contributed by atoms with E-state index in [2.05, 4.69) is 0 Å². The first kappa shape index (κ1) is 21.0. The smallest absolute Gasteiger partial charge is 0.151 e. The monoisotopic (exact) mass is 434 g/mol. The molecule has 2 nitrogen and oxygen atoms in total. The maximum absolute atomic E-state index is 12.1. The average molecular weight is 435 g/mol. The van der Waals surface area contributed by atoms with Crippen molar-refractivity contribution in [3.8, 4) is 0 Å². The summed E-state index contributed by atoms with van der Waals surface area (Å²) >= 11 is 15.0. The van der Waals surface area contributed by atoms with Crippen LogP contribution in [0.2, 0.25) is 10.0 Å². The van der Waals surface area contributed by atoms with Crippen LogP contribution in [0, 0.1) is 0 Å². The molecule has 0 radical (unpaired) electrons. The van der Waals surface area contributed by atoms with Gasteiger partial charge in [-0.1, -0.05) is 47.5 Å². The summed E-state index contributed by atoms with van der Waals surface area (Å²) in [6.07, 6.45) is 0. The van der Waals surface area contributed by atoms with Gasteiger partial charge in [0.15, 0.2) is 9.84 Å². The summed E-state index contributed by atoms with van der Waals surface area (Å²) in [7, 11) is -2.99. The summed E-state index contributed by atoms with van der Waals surface area (Å²) in [6.45, 7) is 0. The summed E-state index contributed by atoms with van der Waals surface area (Å²) in [6, 6.07) is 15.3. The van der Waals surface area contributed by atoms with Gasteiger partial charge in [-0.05, 0) is 35.4 Å². The normalized spacial score (nSPS) is 11.6. The summed E-state index contributed by atoms with van der Waals surface area (Å²) < 4.78 is 24.2. The molecule has 0 atom stereocenters. The Balaban J connectivity index is 1.60. The zero-order valence-corrected chi connectivity index (χ0v) is 17.6. The van der Waals surface area contributed by atoms with Gasteiger partial charge in [-0.2, -0.15) is 23.5 Å². The molecule has 0 spiro atoms. The number of benzene rings is 2. The minimum Gasteiger partial charge on any atom is -0.229 e.